The normalized spacial score (nSPS) is 16.9. The standard InChI is InChI=1S/C31H38ClN5/c1-5-28(23-9-7-21(3)8-10-23)30-29(32)20-33-31(35-30)34-25-17-24(22-11-12-22)18-27(19-25)37-15-13-26(14-16-37)36(4)6-2/h5,7-10,17-20,22,26H,6,11-16H2,1-4H3,(H,33,34,35)/b28-5+. The molecule has 1 aromatic heterocycles. The van der Waals surface area contributed by atoms with E-state index in [9.17, 15) is 0 Å². The summed E-state index contributed by atoms with van der Waals surface area (Å²) in [6.07, 6.45) is 8.72. The molecular formula is C31H38ClN5. The first kappa shape index (κ1) is 25.7. The zero-order valence-electron chi connectivity index (χ0n) is 22.5. The van der Waals surface area contributed by atoms with Gasteiger partial charge in [0.05, 0.1) is 16.9 Å². The van der Waals surface area contributed by atoms with Gasteiger partial charge in [-0.25, -0.2) is 9.97 Å². The number of halogens is 1. The van der Waals surface area contributed by atoms with E-state index in [1.54, 1.807) is 6.20 Å². The smallest absolute Gasteiger partial charge is 0.227 e. The Hall–Kier alpha value is -2.89. The molecule has 2 aromatic carbocycles. The summed E-state index contributed by atoms with van der Waals surface area (Å²) in [4.78, 5) is 14.4. The fourth-order valence-electron chi connectivity index (χ4n) is 5.28. The van der Waals surface area contributed by atoms with Crippen LogP contribution in [0.5, 0.6) is 0 Å². The molecule has 1 saturated heterocycles. The summed E-state index contributed by atoms with van der Waals surface area (Å²) < 4.78 is 0. The van der Waals surface area contributed by atoms with Gasteiger partial charge in [0.15, 0.2) is 0 Å². The van der Waals surface area contributed by atoms with Crippen LogP contribution in [-0.4, -0.2) is 47.6 Å². The third-order valence-electron chi connectivity index (χ3n) is 7.85. The van der Waals surface area contributed by atoms with Gasteiger partial charge in [0, 0.05) is 36.1 Å². The van der Waals surface area contributed by atoms with Gasteiger partial charge in [0.25, 0.3) is 0 Å². The minimum atomic E-state index is 0.548. The molecule has 0 amide bonds. The monoisotopic (exact) mass is 515 g/mol. The molecule has 1 saturated carbocycles. The van der Waals surface area contributed by atoms with E-state index in [4.69, 9.17) is 16.6 Å². The molecule has 3 aromatic rings. The highest BCUT2D eigenvalue weighted by Crippen LogP contribution is 2.43. The summed E-state index contributed by atoms with van der Waals surface area (Å²) >= 11 is 6.60. The Morgan fingerprint density at radius 1 is 1.11 bits per heavy atom. The highest BCUT2D eigenvalue weighted by Gasteiger charge is 2.27. The van der Waals surface area contributed by atoms with Crippen molar-refractivity contribution < 1.29 is 0 Å². The van der Waals surface area contributed by atoms with Crippen molar-refractivity contribution in [1.29, 1.82) is 0 Å². The molecule has 1 aliphatic carbocycles. The van der Waals surface area contributed by atoms with Gasteiger partial charge in [-0.05, 0) is 88.4 Å². The molecule has 2 heterocycles. The summed E-state index contributed by atoms with van der Waals surface area (Å²) in [5.74, 6) is 1.23. The maximum Gasteiger partial charge on any atom is 0.227 e. The third-order valence-corrected chi connectivity index (χ3v) is 8.12. The molecule has 0 radical (unpaired) electrons. The average molecular weight is 516 g/mol. The molecule has 37 heavy (non-hydrogen) atoms. The van der Waals surface area contributed by atoms with Crippen LogP contribution < -0.4 is 10.2 Å². The topological polar surface area (TPSA) is 44.3 Å². The number of nitrogens with one attached hydrogen (secondary N) is 1. The number of piperidine rings is 1. The summed E-state index contributed by atoms with van der Waals surface area (Å²) in [7, 11) is 2.24. The van der Waals surface area contributed by atoms with Crippen molar-refractivity contribution in [1.82, 2.24) is 14.9 Å². The minimum absolute atomic E-state index is 0.548. The van der Waals surface area contributed by atoms with E-state index in [1.165, 1.54) is 42.5 Å². The number of benzene rings is 2. The van der Waals surface area contributed by atoms with Gasteiger partial charge in [-0.2, -0.15) is 0 Å². The number of allylic oxidation sites excluding steroid dienone is 1. The quantitative estimate of drug-likeness (QED) is 0.338. The van der Waals surface area contributed by atoms with Crippen molar-refractivity contribution in [2.45, 2.75) is 58.4 Å². The molecule has 5 rings (SSSR count). The SMILES string of the molecule is C/C=C(\c1ccc(C)cc1)c1nc(Nc2cc(C3CC3)cc(N3CCC(N(C)CC)CC3)c2)ncc1Cl. The van der Waals surface area contributed by atoms with Crippen molar-refractivity contribution in [2.75, 3.05) is 36.9 Å². The Kier molecular flexibility index (Phi) is 7.82. The number of hydrogen-bond acceptors (Lipinski definition) is 5. The van der Waals surface area contributed by atoms with Gasteiger partial charge in [0.1, 0.15) is 0 Å². The summed E-state index contributed by atoms with van der Waals surface area (Å²) in [5, 5.41) is 4.05. The highest BCUT2D eigenvalue weighted by molar-refractivity contribution is 6.32. The lowest BCUT2D eigenvalue weighted by atomic mass is 10.0. The highest BCUT2D eigenvalue weighted by atomic mass is 35.5. The Morgan fingerprint density at radius 3 is 2.49 bits per heavy atom. The average Bonchev–Trinajstić information content (AvgIpc) is 3.77. The molecule has 0 spiro atoms. The predicted octanol–water partition coefficient (Wildman–Crippen LogP) is 7.43. The van der Waals surface area contributed by atoms with E-state index in [0.29, 0.717) is 22.9 Å². The van der Waals surface area contributed by atoms with E-state index in [0.717, 1.165) is 42.2 Å². The molecule has 2 fully saturated rings. The van der Waals surface area contributed by atoms with Crippen LogP contribution in [0.25, 0.3) is 5.57 Å². The van der Waals surface area contributed by atoms with Gasteiger partial charge in [-0.15, -0.1) is 0 Å². The first-order chi connectivity index (χ1) is 17.9. The molecule has 0 atom stereocenters. The van der Waals surface area contributed by atoms with E-state index in [1.807, 2.05) is 6.92 Å². The Balaban J connectivity index is 1.40. The number of aromatic nitrogens is 2. The van der Waals surface area contributed by atoms with Crippen molar-refractivity contribution in [2.24, 2.45) is 0 Å². The van der Waals surface area contributed by atoms with Crippen molar-refractivity contribution >= 4 is 34.5 Å². The zero-order chi connectivity index (χ0) is 25.9. The maximum atomic E-state index is 6.60. The van der Waals surface area contributed by atoms with Gasteiger partial charge < -0.3 is 15.1 Å². The first-order valence-electron chi connectivity index (χ1n) is 13.6. The molecule has 5 nitrogen and oxygen atoms in total. The van der Waals surface area contributed by atoms with E-state index >= 15 is 0 Å². The van der Waals surface area contributed by atoms with E-state index < -0.39 is 0 Å². The van der Waals surface area contributed by atoms with Gasteiger partial charge in [-0.1, -0.05) is 54.4 Å². The Bertz CT molecular complexity index is 1260. The summed E-state index contributed by atoms with van der Waals surface area (Å²) in [6, 6.07) is 16.1. The second-order valence-electron chi connectivity index (χ2n) is 10.5. The second-order valence-corrected chi connectivity index (χ2v) is 10.9. The van der Waals surface area contributed by atoms with Gasteiger partial charge >= 0.3 is 0 Å². The van der Waals surface area contributed by atoms with Crippen LogP contribution in [0.3, 0.4) is 0 Å². The maximum absolute atomic E-state index is 6.60. The fraction of sp³-hybridized carbons (Fsp3) is 0.419. The number of nitrogens with zero attached hydrogens (tertiary/aromatic N) is 4. The molecule has 1 aliphatic heterocycles. The first-order valence-corrected chi connectivity index (χ1v) is 14.0. The van der Waals surface area contributed by atoms with Gasteiger partial charge in [-0.3, -0.25) is 0 Å². The second kappa shape index (κ2) is 11.2. The molecule has 2 aliphatic rings. The fourth-order valence-corrected chi connectivity index (χ4v) is 5.48. The van der Waals surface area contributed by atoms with E-state index in [2.05, 4.69) is 89.5 Å². The summed E-state index contributed by atoms with van der Waals surface area (Å²) in [6.45, 7) is 9.64. The number of anilines is 3. The van der Waals surface area contributed by atoms with Crippen LogP contribution in [0.4, 0.5) is 17.3 Å². The Labute approximate surface area is 226 Å². The summed E-state index contributed by atoms with van der Waals surface area (Å²) in [5.41, 5.74) is 7.81. The third kappa shape index (κ3) is 6.00. The van der Waals surface area contributed by atoms with Crippen molar-refractivity contribution in [3.63, 3.8) is 0 Å². The molecular weight excluding hydrogens is 478 g/mol. The van der Waals surface area contributed by atoms with Crippen LogP contribution in [0.2, 0.25) is 5.02 Å². The van der Waals surface area contributed by atoms with Crippen molar-refractivity contribution in [3.05, 3.63) is 82.1 Å². The van der Waals surface area contributed by atoms with Gasteiger partial charge in [0.2, 0.25) is 5.95 Å². The number of hydrogen-bond donors (Lipinski definition) is 1. The lowest BCUT2D eigenvalue weighted by Crippen LogP contribution is -2.43. The molecule has 1 N–H and O–H groups in total. The van der Waals surface area contributed by atoms with Crippen LogP contribution in [0.1, 0.15) is 67.8 Å². The molecule has 194 valence electrons. The number of aryl methyl sites for hydroxylation is 1. The molecule has 6 heteroatoms. The predicted molar refractivity (Wildman–Crippen MR) is 156 cm³/mol. The van der Waals surface area contributed by atoms with Crippen LogP contribution in [-0.2, 0) is 0 Å². The lowest BCUT2D eigenvalue weighted by Gasteiger charge is -2.37. The van der Waals surface area contributed by atoms with Crippen LogP contribution >= 0.6 is 11.6 Å². The van der Waals surface area contributed by atoms with Crippen LogP contribution in [0, 0.1) is 6.92 Å². The van der Waals surface area contributed by atoms with Crippen LogP contribution in [0.15, 0.2) is 54.7 Å². The zero-order valence-corrected chi connectivity index (χ0v) is 23.2. The lowest BCUT2D eigenvalue weighted by molar-refractivity contribution is 0.218. The molecule has 0 bridgehead atoms. The largest absolute Gasteiger partial charge is 0.371 e. The number of rotatable bonds is 8. The van der Waals surface area contributed by atoms with Crippen molar-refractivity contribution in [3.8, 4) is 0 Å². The van der Waals surface area contributed by atoms with E-state index in [-0.39, 0.29) is 0 Å². The molecule has 0 unspecified atom stereocenters. The minimum Gasteiger partial charge on any atom is -0.371 e. The Morgan fingerprint density at radius 2 is 1.84 bits per heavy atom.